The van der Waals surface area contributed by atoms with Gasteiger partial charge in [0.15, 0.2) is 5.88 Å². The second-order valence-corrected chi connectivity index (χ2v) is 2.88. The molecule has 0 aliphatic heterocycles. The zero-order chi connectivity index (χ0) is 10.3. The predicted octanol–water partition coefficient (Wildman–Crippen LogP) is 1.41. The summed E-state index contributed by atoms with van der Waals surface area (Å²) in [5.41, 5.74) is 5.42. The van der Waals surface area contributed by atoms with Gasteiger partial charge in [0.1, 0.15) is 5.82 Å². The molecule has 2 rings (SSSR count). The van der Waals surface area contributed by atoms with Crippen molar-refractivity contribution >= 4 is 16.9 Å². The van der Waals surface area contributed by atoms with Gasteiger partial charge in [-0.1, -0.05) is 0 Å². The summed E-state index contributed by atoms with van der Waals surface area (Å²) in [5, 5.41) is 9.77. The van der Waals surface area contributed by atoms with Gasteiger partial charge < -0.3 is 10.8 Å². The van der Waals surface area contributed by atoms with E-state index >= 15 is 0 Å². The molecule has 1 aromatic heterocycles. The minimum Gasteiger partial charge on any atom is -0.494 e. The first-order chi connectivity index (χ1) is 6.59. The molecule has 0 fully saturated rings. The number of fused-ring (bicyclic) bond motifs is 1. The summed E-state index contributed by atoms with van der Waals surface area (Å²) in [6.07, 6.45) is 0. The molecule has 72 valence electrons. The van der Waals surface area contributed by atoms with Crippen molar-refractivity contribution in [1.82, 2.24) is 4.57 Å². The van der Waals surface area contributed by atoms with Crippen LogP contribution < -0.4 is 5.73 Å². The number of aromatic hydroxyl groups is 1. The summed E-state index contributed by atoms with van der Waals surface area (Å²) >= 11 is 0. The van der Waals surface area contributed by atoms with E-state index in [-0.39, 0.29) is 5.88 Å². The Balaban J connectivity index is 2.84. The molecule has 4 nitrogen and oxygen atoms in total. The van der Waals surface area contributed by atoms with Crippen molar-refractivity contribution in [2.45, 2.75) is 0 Å². The molecule has 0 radical (unpaired) electrons. The summed E-state index contributed by atoms with van der Waals surface area (Å²) in [6.45, 7) is 0. The molecular weight excluding hydrogens is 187 g/mol. The zero-order valence-corrected chi connectivity index (χ0v) is 7.07. The van der Waals surface area contributed by atoms with Crippen LogP contribution in [0.1, 0.15) is 0 Å². The van der Waals surface area contributed by atoms with Gasteiger partial charge in [-0.2, -0.15) is 0 Å². The van der Waals surface area contributed by atoms with Crippen LogP contribution in [0.3, 0.4) is 0 Å². The number of halogens is 1. The van der Waals surface area contributed by atoms with Crippen LogP contribution in [-0.2, 0) is 0 Å². The van der Waals surface area contributed by atoms with Gasteiger partial charge in [0.05, 0.1) is 5.52 Å². The lowest BCUT2D eigenvalue weighted by Crippen LogP contribution is -2.18. The van der Waals surface area contributed by atoms with Crippen molar-refractivity contribution in [2.24, 2.45) is 5.73 Å². The number of benzene rings is 1. The SMILES string of the molecule is NC(=O)n1c(O)cc2cc(F)ccc21. The lowest BCUT2D eigenvalue weighted by Gasteiger charge is -1.99. The average Bonchev–Trinajstić information content (AvgIpc) is 2.39. The molecule has 0 spiro atoms. The van der Waals surface area contributed by atoms with Gasteiger partial charge in [-0.15, -0.1) is 0 Å². The van der Waals surface area contributed by atoms with Crippen molar-refractivity contribution in [3.05, 3.63) is 30.1 Å². The molecule has 0 bridgehead atoms. The fourth-order valence-corrected chi connectivity index (χ4v) is 1.40. The molecule has 0 saturated carbocycles. The topological polar surface area (TPSA) is 68.2 Å². The molecule has 1 amide bonds. The third kappa shape index (κ3) is 1.10. The maximum absolute atomic E-state index is 12.8. The second kappa shape index (κ2) is 2.73. The summed E-state index contributed by atoms with van der Waals surface area (Å²) in [4.78, 5) is 10.9. The summed E-state index contributed by atoms with van der Waals surface area (Å²) in [6, 6.07) is 4.28. The molecule has 2 aromatic rings. The first kappa shape index (κ1) is 8.55. The Morgan fingerprint density at radius 3 is 2.79 bits per heavy atom. The third-order valence-electron chi connectivity index (χ3n) is 1.96. The summed E-state index contributed by atoms with van der Waals surface area (Å²) in [7, 11) is 0. The Kier molecular flexibility index (Phi) is 1.67. The normalized spacial score (nSPS) is 10.6. The van der Waals surface area contributed by atoms with Crippen molar-refractivity contribution in [1.29, 1.82) is 0 Å². The number of nitrogens with two attached hydrogens (primary N) is 1. The largest absolute Gasteiger partial charge is 0.494 e. The summed E-state index contributed by atoms with van der Waals surface area (Å²) < 4.78 is 13.7. The monoisotopic (exact) mass is 194 g/mol. The van der Waals surface area contributed by atoms with E-state index < -0.39 is 11.8 Å². The molecule has 0 unspecified atom stereocenters. The molecule has 1 aromatic carbocycles. The highest BCUT2D eigenvalue weighted by Gasteiger charge is 2.11. The van der Waals surface area contributed by atoms with Gasteiger partial charge in [0.25, 0.3) is 0 Å². The predicted molar refractivity (Wildman–Crippen MR) is 48.5 cm³/mol. The number of hydrogen-bond donors (Lipinski definition) is 2. The Bertz CT molecular complexity index is 519. The van der Waals surface area contributed by atoms with Gasteiger partial charge in [-0.25, -0.2) is 13.8 Å². The molecule has 0 aliphatic carbocycles. The number of rotatable bonds is 0. The fourth-order valence-electron chi connectivity index (χ4n) is 1.40. The highest BCUT2D eigenvalue weighted by Crippen LogP contribution is 2.24. The number of primary amides is 1. The highest BCUT2D eigenvalue weighted by molar-refractivity contribution is 5.93. The van der Waals surface area contributed by atoms with Crippen LogP contribution in [0, 0.1) is 5.82 Å². The van der Waals surface area contributed by atoms with E-state index in [9.17, 15) is 14.3 Å². The number of hydrogen-bond acceptors (Lipinski definition) is 2. The standard InChI is InChI=1S/C9H7FN2O2/c10-6-1-2-7-5(3-6)4-8(13)12(7)9(11)14/h1-4,13H,(H2,11,14). The average molecular weight is 194 g/mol. The molecule has 14 heavy (non-hydrogen) atoms. The number of carbonyl (C=O) groups excluding carboxylic acids is 1. The number of aromatic nitrogens is 1. The van der Waals surface area contributed by atoms with Crippen LogP contribution in [0.4, 0.5) is 9.18 Å². The Labute approximate surface area is 78.4 Å². The first-order valence-corrected chi connectivity index (χ1v) is 3.89. The fraction of sp³-hybridized carbons (Fsp3) is 0. The summed E-state index contributed by atoms with van der Waals surface area (Å²) in [5.74, 6) is -0.725. The number of carbonyl (C=O) groups is 1. The van der Waals surface area contributed by atoms with E-state index in [2.05, 4.69) is 0 Å². The van der Waals surface area contributed by atoms with Crippen LogP contribution in [0.15, 0.2) is 24.3 Å². The van der Waals surface area contributed by atoms with Gasteiger partial charge in [0, 0.05) is 11.5 Å². The highest BCUT2D eigenvalue weighted by atomic mass is 19.1. The van der Waals surface area contributed by atoms with Crippen molar-refractivity contribution < 1.29 is 14.3 Å². The van der Waals surface area contributed by atoms with Gasteiger partial charge in [-0.05, 0) is 18.2 Å². The van der Waals surface area contributed by atoms with Crippen LogP contribution in [0.5, 0.6) is 5.88 Å². The molecule has 0 aliphatic rings. The quantitative estimate of drug-likeness (QED) is 0.665. The first-order valence-electron chi connectivity index (χ1n) is 3.89. The minimum atomic E-state index is -0.802. The van der Waals surface area contributed by atoms with Gasteiger partial charge in [-0.3, -0.25) is 0 Å². The van der Waals surface area contributed by atoms with Crippen molar-refractivity contribution in [2.75, 3.05) is 0 Å². The molecule has 5 heteroatoms. The van der Waals surface area contributed by atoms with E-state index in [1.54, 1.807) is 0 Å². The van der Waals surface area contributed by atoms with E-state index in [4.69, 9.17) is 5.73 Å². The smallest absolute Gasteiger partial charge is 0.326 e. The molecule has 3 N–H and O–H groups in total. The maximum atomic E-state index is 12.8. The Morgan fingerprint density at radius 1 is 1.43 bits per heavy atom. The van der Waals surface area contributed by atoms with Crippen LogP contribution in [0.25, 0.3) is 10.9 Å². The second-order valence-electron chi connectivity index (χ2n) is 2.88. The van der Waals surface area contributed by atoms with Crippen LogP contribution in [0.2, 0.25) is 0 Å². The van der Waals surface area contributed by atoms with Crippen LogP contribution in [-0.4, -0.2) is 15.7 Å². The zero-order valence-electron chi connectivity index (χ0n) is 7.07. The number of nitrogens with zero attached hydrogens (tertiary/aromatic N) is 1. The van der Waals surface area contributed by atoms with E-state index in [0.29, 0.717) is 10.9 Å². The Morgan fingerprint density at radius 2 is 2.14 bits per heavy atom. The van der Waals surface area contributed by atoms with E-state index in [0.717, 1.165) is 4.57 Å². The number of amides is 1. The maximum Gasteiger partial charge on any atom is 0.326 e. The lowest BCUT2D eigenvalue weighted by molar-refractivity contribution is 0.248. The van der Waals surface area contributed by atoms with Crippen molar-refractivity contribution in [3.63, 3.8) is 0 Å². The molecular formula is C9H7FN2O2. The van der Waals surface area contributed by atoms with Crippen molar-refractivity contribution in [3.8, 4) is 5.88 Å². The van der Waals surface area contributed by atoms with Crippen LogP contribution >= 0.6 is 0 Å². The van der Waals surface area contributed by atoms with E-state index in [1.165, 1.54) is 24.3 Å². The molecule has 0 saturated heterocycles. The minimum absolute atomic E-state index is 0.293. The third-order valence-corrected chi connectivity index (χ3v) is 1.96. The molecule has 0 atom stereocenters. The van der Waals surface area contributed by atoms with Gasteiger partial charge >= 0.3 is 6.03 Å². The molecule has 1 heterocycles. The van der Waals surface area contributed by atoms with Gasteiger partial charge in [0.2, 0.25) is 0 Å². The van der Waals surface area contributed by atoms with E-state index in [1.807, 2.05) is 0 Å². The Hall–Kier alpha value is -2.04. The lowest BCUT2D eigenvalue weighted by atomic mass is 10.2.